The zero-order valence-corrected chi connectivity index (χ0v) is 8.73. The van der Waals surface area contributed by atoms with Gasteiger partial charge in [-0.05, 0) is 13.8 Å². The van der Waals surface area contributed by atoms with Crippen molar-refractivity contribution < 1.29 is 19.8 Å². The van der Waals surface area contributed by atoms with Gasteiger partial charge in [0.2, 0.25) is 0 Å². The Morgan fingerprint density at radius 2 is 1.87 bits per heavy atom. The highest BCUT2D eigenvalue weighted by molar-refractivity contribution is 5.83. The lowest BCUT2D eigenvalue weighted by molar-refractivity contribution is -0.141. The molecule has 6 heteroatoms. The molecule has 0 rings (SSSR count). The van der Waals surface area contributed by atoms with E-state index in [0.717, 1.165) is 0 Å². The minimum Gasteiger partial charge on any atom is -0.480 e. The van der Waals surface area contributed by atoms with Crippen LogP contribution in [0, 0.1) is 0 Å². The average Bonchev–Trinajstić information content (AvgIpc) is 2.12. The summed E-state index contributed by atoms with van der Waals surface area (Å²) in [6.07, 6.45) is 0.338. The van der Waals surface area contributed by atoms with Crippen LogP contribution in [0.3, 0.4) is 0 Å². The molecule has 0 bridgehead atoms. The molecule has 4 N–H and O–H groups in total. The molecule has 0 saturated carbocycles. The molecular formula is C9H16N2O4. The number of carboxylic acid groups (broad SMARTS) is 1. The van der Waals surface area contributed by atoms with E-state index in [1.54, 1.807) is 6.92 Å². The van der Waals surface area contributed by atoms with Crippen LogP contribution in [0.5, 0.6) is 0 Å². The topological polar surface area (TPSA) is 98.7 Å². The molecule has 3 atom stereocenters. The first kappa shape index (κ1) is 13.4. The van der Waals surface area contributed by atoms with Crippen LogP contribution < -0.4 is 10.6 Å². The van der Waals surface area contributed by atoms with Crippen LogP contribution in [-0.4, -0.2) is 40.4 Å². The maximum absolute atomic E-state index is 11.2. The van der Waals surface area contributed by atoms with Gasteiger partial charge in [0.05, 0.1) is 6.10 Å². The second kappa shape index (κ2) is 6.02. The fraction of sp³-hybridized carbons (Fsp3) is 0.556. The van der Waals surface area contributed by atoms with Gasteiger partial charge in [-0.15, -0.1) is 6.58 Å². The first-order valence-electron chi connectivity index (χ1n) is 4.49. The predicted octanol–water partition coefficient (Wildman–Crippen LogP) is -0.306. The Labute approximate surface area is 88.0 Å². The Balaban J connectivity index is 4.24. The van der Waals surface area contributed by atoms with E-state index in [2.05, 4.69) is 17.2 Å². The summed E-state index contributed by atoms with van der Waals surface area (Å²) >= 11 is 0. The monoisotopic (exact) mass is 216 g/mol. The molecule has 0 aliphatic rings. The van der Waals surface area contributed by atoms with Crippen LogP contribution in [0.4, 0.5) is 4.79 Å². The highest BCUT2D eigenvalue weighted by Gasteiger charge is 2.24. The van der Waals surface area contributed by atoms with Gasteiger partial charge in [-0.2, -0.15) is 0 Å². The Hall–Kier alpha value is -1.56. The molecule has 6 nitrogen and oxygen atoms in total. The number of aliphatic carboxylic acids is 1. The van der Waals surface area contributed by atoms with Crippen LogP contribution in [0.1, 0.15) is 13.8 Å². The second-order valence-electron chi connectivity index (χ2n) is 3.20. The van der Waals surface area contributed by atoms with Crippen molar-refractivity contribution in [2.24, 2.45) is 0 Å². The third-order valence-corrected chi connectivity index (χ3v) is 1.75. The summed E-state index contributed by atoms with van der Waals surface area (Å²) in [5, 5.41) is 22.3. The van der Waals surface area contributed by atoms with Gasteiger partial charge in [0, 0.05) is 6.04 Å². The summed E-state index contributed by atoms with van der Waals surface area (Å²) in [6, 6.07) is -2.24. The highest BCUT2D eigenvalue weighted by Crippen LogP contribution is 1.93. The third-order valence-electron chi connectivity index (χ3n) is 1.75. The number of amides is 2. The van der Waals surface area contributed by atoms with Crippen molar-refractivity contribution in [1.82, 2.24) is 10.6 Å². The number of hydrogen-bond donors (Lipinski definition) is 4. The molecule has 0 spiro atoms. The number of urea groups is 1. The zero-order chi connectivity index (χ0) is 12.0. The van der Waals surface area contributed by atoms with Gasteiger partial charge in [-0.25, -0.2) is 9.59 Å². The molecule has 2 amide bonds. The minimum absolute atomic E-state index is 0.270. The van der Waals surface area contributed by atoms with E-state index in [-0.39, 0.29) is 6.04 Å². The van der Waals surface area contributed by atoms with Crippen molar-refractivity contribution in [3.8, 4) is 0 Å². The van der Waals surface area contributed by atoms with Crippen molar-refractivity contribution in [2.75, 3.05) is 0 Å². The zero-order valence-electron chi connectivity index (χ0n) is 8.73. The van der Waals surface area contributed by atoms with E-state index < -0.39 is 24.1 Å². The average molecular weight is 216 g/mol. The van der Waals surface area contributed by atoms with E-state index in [0.29, 0.717) is 0 Å². The van der Waals surface area contributed by atoms with E-state index in [1.807, 2.05) is 0 Å². The lowest BCUT2D eigenvalue weighted by Gasteiger charge is -2.18. The summed E-state index contributed by atoms with van der Waals surface area (Å²) in [5.41, 5.74) is 0. The van der Waals surface area contributed by atoms with Crippen LogP contribution in [0.25, 0.3) is 0 Å². The molecule has 0 radical (unpaired) electrons. The number of rotatable bonds is 5. The fourth-order valence-electron chi connectivity index (χ4n) is 0.837. The van der Waals surface area contributed by atoms with Gasteiger partial charge < -0.3 is 20.8 Å². The molecule has 0 aliphatic heterocycles. The fourth-order valence-corrected chi connectivity index (χ4v) is 0.837. The van der Waals surface area contributed by atoms with Gasteiger partial charge in [-0.1, -0.05) is 6.08 Å². The highest BCUT2D eigenvalue weighted by atomic mass is 16.4. The van der Waals surface area contributed by atoms with Gasteiger partial charge in [0.25, 0.3) is 0 Å². The van der Waals surface area contributed by atoms with Crippen molar-refractivity contribution in [2.45, 2.75) is 32.0 Å². The van der Waals surface area contributed by atoms with Crippen molar-refractivity contribution in [3.05, 3.63) is 12.7 Å². The number of aliphatic hydroxyl groups excluding tert-OH is 1. The summed E-state index contributed by atoms with van der Waals surface area (Å²) < 4.78 is 0. The third kappa shape index (κ3) is 5.02. The maximum atomic E-state index is 11.2. The molecule has 0 aromatic rings. The minimum atomic E-state index is -1.32. The lowest BCUT2D eigenvalue weighted by Crippen LogP contribution is -2.52. The van der Waals surface area contributed by atoms with E-state index in [4.69, 9.17) is 10.2 Å². The van der Waals surface area contributed by atoms with Crippen molar-refractivity contribution in [1.29, 1.82) is 0 Å². The Morgan fingerprint density at radius 1 is 1.33 bits per heavy atom. The van der Waals surface area contributed by atoms with Gasteiger partial charge in [0.1, 0.15) is 0 Å². The van der Waals surface area contributed by atoms with Crippen LogP contribution >= 0.6 is 0 Å². The molecule has 0 aromatic heterocycles. The molecular weight excluding hydrogens is 200 g/mol. The molecule has 3 unspecified atom stereocenters. The molecule has 0 saturated heterocycles. The smallest absolute Gasteiger partial charge is 0.328 e. The Bertz CT molecular complexity index is 252. The SMILES string of the molecule is C=CC(C)NC(=O)NC(C(=O)O)C(C)O. The van der Waals surface area contributed by atoms with Gasteiger partial charge >= 0.3 is 12.0 Å². The number of carbonyl (C=O) groups is 2. The predicted molar refractivity (Wildman–Crippen MR) is 54.4 cm³/mol. The molecule has 0 aromatic carbocycles. The number of hydrogen-bond acceptors (Lipinski definition) is 3. The standard InChI is InChI=1S/C9H16N2O4/c1-4-5(2)10-9(15)11-7(6(3)12)8(13)14/h4-7,12H,1H2,2-3H3,(H,13,14)(H2,10,11,15). The molecule has 86 valence electrons. The van der Waals surface area contributed by atoms with E-state index in [1.165, 1.54) is 13.0 Å². The van der Waals surface area contributed by atoms with E-state index in [9.17, 15) is 9.59 Å². The van der Waals surface area contributed by atoms with E-state index >= 15 is 0 Å². The first-order chi connectivity index (χ1) is 6.88. The quantitative estimate of drug-likeness (QED) is 0.474. The lowest BCUT2D eigenvalue weighted by atomic mass is 10.2. The summed E-state index contributed by atoms with van der Waals surface area (Å²) in [7, 11) is 0. The second-order valence-corrected chi connectivity index (χ2v) is 3.20. The number of aliphatic hydroxyl groups is 1. The van der Waals surface area contributed by atoms with Crippen LogP contribution in [0.15, 0.2) is 12.7 Å². The van der Waals surface area contributed by atoms with Crippen LogP contribution in [-0.2, 0) is 4.79 Å². The van der Waals surface area contributed by atoms with Crippen molar-refractivity contribution in [3.63, 3.8) is 0 Å². The normalized spacial score (nSPS) is 15.9. The van der Waals surface area contributed by atoms with Crippen molar-refractivity contribution >= 4 is 12.0 Å². The first-order valence-corrected chi connectivity index (χ1v) is 4.49. The summed E-state index contributed by atoms with van der Waals surface area (Å²) in [6.45, 7) is 6.43. The van der Waals surface area contributed by atoms with Gasteiger partial charge in [0.15, 0.2) is 6.04 Å². The number of carboxylic acids is 1. The summed E-state index contributed by atoms with van der Waals surface area (Å²) in [5.74, 6) is -1.29. The molecule has 15 heavy (non-hydrogen) atoms. The largest absolute Gasteiger partial charge is 0.480 e. The summed E-state index contributed by atoms with van der Waals surface area (Å²) in [4.78, 5) is 21.8. The Morgan fingerprint density at radius 3 is 2.20 bits per heavy atom. The Kier molecular flexibility index (Phi) is 5.40. The van der Waals surface area contributed by atoms with Gasteiger partial charge in [-0.3, -0.25) is 0 Å². The molecule has 0 heterocycles. The molecule has 0 aliphatic carbocycles. The van der Waals surface area contributed by atoms with Crippen LogP contribution in [0.2, 0.25) is 0 Å². The number of nitrogens with one attached hydrogen (secondary N) is 2. The number of carbonyl (C=O) groups excluding carboxylic acids is 1. The maximum Gasteiger partial charge on any atom is 0.328 e. The molecule has 0 fully saturated rings.